The highest BCUT2D eigenvalue weighted by Crippen LogP contribution is 2.12. The summed E-state index contributed by atoms with van der Waals surface area (Å²) in [6, 6.07) is -0.743. The second-order valence-corrected chi connectivity index (χ2v) is 15.5. The molecule has 0 amide bonds. The van der Waals surface area contributed by atoms with E-state index in [9.17, 15) is 19.5 Å². The molecular formula is C51H81NO7. The van der Waals surface area contributed by atoms with Crippen molar-refractivity contribution < 1.29 is 38.2 Å². The number of carbonyl (C=O) groups excluding carboxylic acids is 3. The van der Waals surface area contributed by atoms with E-state index in [1.54, 1.807) is 21.1 Å². The molecule has 0 saturated heterocycles. The van der Waals surface area contributed by atoms with Crippen molar-refractivity contribution in [3.05, 3.63) is 109 Å². The molecule has 0 aliphatic rings. The van der Waals surface area contributed by atoms with Crippen LogP contribution in [-0.2, 0) is 28.6 Å². The number of ether oxygens (including phenoxy) is 3. The Kier molecular flexibility index (Phi) is 38.0. The minimum absolute atomic E-state index is 0.00895. The molecule has 0 aromatic carbocycles. The number of unbranched alkanes of at least 4 members (excludes halogenated alkanes) is 6. The first kappa shape index (κ1) is 55.0. The first-order chi connectivity index (χ1) is 28.6. The van der Waals surface area contributed by atoms with Crippen molar-refractivity contribution in [1.82, 2.24) is 0 Å². The third-order valence-electron chi connectivity index (χ3n) is 9.15. The highest BCUT2D eigenvalue weighted by Gasteiger charge is 2.25. The lowest BCUT2D eigenvalue weighted by Gasteiger charge is -2.34. The van der Waals surface area contributed by atoms with Crippen molar-refractivity contribution in [3.8, 4) is 0 Å². The summed E-state index contributed by atoms with van der Waals surface area (Å²) in [7, 11) is 5.37. The average molecular weight is 820 g/mol. The van der Waals surface area contributed by atoms with Gasteiger partial charge in [-0.1, -0.05) is 142 Å². The maximum absolute atomic E-state index is 12.7. The molecule has 8 nitrogen and oxygen atoms in total. The van der Waals surface area contributed by atoms with E-state index in [-0.39, 0.29) is 55.5 Å². The number of esters is 2. The summed E-state index contributed by atoms with van der Waals surface area (Å²) >= 11 is 0. The zero-order valence-electron chi connectivity index (χ0n) is 37.6. The summed E-state index contributed by atoms with van der Waals surface area (Å²) in [6.07, 6.45) is 55.6. The van der Waals surface area contributed by atoms with Crippen LogP contribution < -0.4 is 5.11 Å². The summed E-state index contributed by atoms with van der Waals surface area (Å²) in [5.74, 6) is -1.85. The smallest absolute Gasteiger partial charge is 0.306 e. The molecule has 0 aromatic rings. The van der Waals surface area contributed by atoms with Gasteiger partial charge in [-0.25, -0.2) is 0 Å². The van der Waals surface area contributed by atoms with Gasteiger partial charge >= 0.3 is 11.9 Å². The minimum atomic E-state index is -1.14. The van der Waals surface area contributed by atoms with Crippen LogP contribution in [0.1, 0.15) is 142 Å². The second-order valence-electron chi connectivity index (χ2n) is 15.5. The van der Waals surface area contributed by atoms with E-state index < -0.39 is 18.1 Å². The SMILES string of the molecule is CC/C=C/C/C=C/C/C=C/C/C=C/C/C=C/C/C=C/C/C=C/CCCC(=O)OCC(COCCC(C(=O)[O-])[N+](C)(C)C)OC(=O)CCCCCCC/C=C/C/C=C/CC. The van der Waals surface area contributed by atoms with Gasteiger partial charge in [-0.15, -0.1) is 0 Å². The fourth-order valence-corrected chi connectivity index (χ4v) is 5.74. The number of aliphatic carboxylic acids is 1. The fraction of sp³-hybridized carbons (Fsp3) is 0.588. The number of hydrogen-bond donors (Lipinski definition) is 0. The van der Waals surface area contributed by atoms with Crippen molar-refractivity contribution in [2.45, 2.75) is 154 Å². The Morgan fingerprint density at radius 2 is 0.915 bits per heavy atom. The van der Waals surface area contributed by atoms with Crippen molar-refractivity contribution in [2.24, 2.45) is 0 Å². The largest absolute Gasteiger partial charge is 0.544 e. The normalized spacial score (nSPS) is 14.0. The van der Waals surface area contributed by atoms with Crippen molar-refractivity contribution in [1.29, 1.82) is 0 Å². The van der Waals surface area contributed by atoms with Crippen molar-refractivity contribution in [3.63, 3.8) is 0 Å². The predicted octanol–water partition coefficient (Wildman–Crippen LogP) is 11.1. The van der Waals surface area contributed by atoms with Gasteiger partial charge in [-0.05, 0) is 89.9 Å². The first-order valence-corrected chi connectivity index (χ1v) is 22.4. The summed E-state index contributed by atoms with van der Waals surface area (Å²) in [5.41, 5.74) is 0. The van der Waals surface area contributed by atoms with Gasteiger partial charge in [0.1, 0.15) is 12.6 Å². The lowest BCUT2D eigenvalue weighted by Crippen LogP contribution is -2.55. The summed E-state index contributed by atoms with van der Waals surface area (Å²) in [5, 5.41) is 11.6. The number of hydrogen-bond acceptors (Lipinski definition) is 7. The first-order valence-electron chi connectivity index (χ1n) is 22.4. The second kappa shape index (κ2) is 40.8. The summed E-state index contributed by atoms with van der Waals surface area (Å²) in [6.45, 7) is 4.33. The Labute approximate surface area is 359 Å². The van der Waals surface area contributed by atoms with E-state index in [1.165, 1.54) is 0 Å². The lowest BCUT2D eigenvalue weighted by atomic mass is 10.1. The van der Waals surface area contributed by atoms with Gasteiger partial charge in [0.15, 0.2) is 6.10 Å². The van der Waals surface area contributed by atoms with Crippen LogP contribution >= 0.6 is 0 Å². The minimum Gasteiger partial charge on any atom is -0.544 e. The highest BCUT2D eigenvalue weighted by atomic mass is 16.6. The number of quaternary nitrogens is 1. The van der Waals surface area contributed by atoms with Gasteiger partial charge < -0.3 is 28.6 Å². The number of carbonyl (C=O) groups is 3. The zero-order valence-corrected chi connectivity index (χ0v) is 37.6. The topological polar surface area (TPSA) is 102 Å². The van der Waals surface area contributed by atoms with Crippen molar-refractivity contribution in [2.75, 3.05) is 41.0 Å². The number of rotatable bonds is 38. The zero-order chi connectivity index (χ0) is 43.5. The molecule has 0 spiro atoms. The molecule has 332 valence electrons. The van der Waals surface area contributed by atoms with Crippen LogP contribution in [0.5, 0.6) is 0 Å². The monoisotopic (exact) mass is 820 g/mol. The van der Waals surface area contributed by atoms with Gasteiger partial charge in [-0.3, -0.25) is 9.59 Å². The number of carboxylic acids is 1. The Morgan fingerprint density at radius 3 is 1.37 bits per heavy atom. The summed E-state index contributed by atoms with van der Waals surface area (Å²) in [4.78, 5) is 36.8. The number of carboxylic acid groups (broad SMARTS) is 1. The molecule has 0 aliphatic heterocycles. The van der Waals surface area contributed by atoms with Gasteiger partial charge in [0.05, 0.1) is 40.3 Å². The molecule has 2 unspecified atom stereocenters. The van der Waals surface area contributed by atoms with Crippen LogP contribution in [0.15, 0.2) is 109 Å². The number of likely N-dealkylation sites (N-methyl/N-ethyl adjacent to an activating group) is 1. The lowest BCUT2D eigenvalue weighted by molar-refractivity contribution is -0.889. The standard InChI is InChI=1S/C51H81NO7/c1-6-8-10-12-14-16-18-20-21-22-23-24-25-26-27-28-29-30-32-33-35-37-39-41-49(53)58-46-47(45-57-44-43-48(51(55)56)52(3,4)5)59-50(54)42-40-38-36-34-31-19-17-15-13-11-9-7-2/h8-11,14-17,20-21,23-24,26-27,29-30,33,35,47-48H,6-7,12-13,18-19,22,25,28,31-32,34,36-46H2,1-5H3/b10-8+,11-9+,16-14+,17-15+,21-20+,24-23+,27-26+,30-29+,35-33+. The third-order valence-corrected chi connectivity index (χ3v) is 9.15. The molecule has 0 saturated carbocycles. The molecule has 0 bridgehead atoms. The van der Waals surface area contributed by atoms with E-state index in [4.69, 9.17) is 14.2 Å². The van der Waals surface area contributed by atoms with Crippen LogP contribution in [0.3, 0.4) is 0 Å². The van der Waals surface area contributed by atoms with Crippen LogP contribution in [0.25, 0.3) is 0 Å². The Hall–Kier alpha value is -4.01. The molecule has 59 heavy (non-hydrogen) atoms. The maximum atomic E-state index is 12.7. The molecule has 2 atom stereocenters. The fourth-order valence-electron chi connectivity index (χ4n) is 5.74. The Bertz CT molecular complexity index is 1330. The van der Waals surface area contributed by atoms with Crippen molar-refractivity contribution >= 4 is 17.9 Å². The molecule has 0 N–H and O–H groups in total. The van der Waals surface area contributed by atoms with E-state index in [0.29, 0.717) is 6.42 Å². The van der Waals surface area contributed by atoms with Crippen LogP contribution in [-0.4, -0.2) is 75.5 Å². The van der Waals surface area contributed by atoms with Crippen LogP contribution in [0.4, 0.5) is 0 Å². The molecule has 8 heteroatoms. The Balaban J connectivity index is 4.43. The Morgan fingerprint density at radius 1 is 0.508 bits per heavy atom. The molecule has 0 fully saturated rings. The van der Waals surface area contributed by atoms with Gasteiger partial charge in [0, 0.05) is 19.3 Å². The quantitative estimate of drug-likeness (QED) is 0.0264. The van der Waals surface area contributed by atoms with E-state index in [0.717, 1.165) is 103 Å². The molecular weight excluding hydrogens is 739 g/mol. The van der Waals surface area contributed by atoms with Gasteiger partial charge in [0.2, 0.25) is 0 Å². The average Bonchev–Trinajstić information content (AvgIpc) is 3.19. The van der Waals surface area contributed by atoms with E-state index in [2.05, 4.69) is 123 Å². The molecule has 0 aliphatic carbocycles. The van der Waals surface area contributed by atoms with E-state index >= 15 is 0 Å². The van der Waals surface area contributed by atoms with Gasteiger partial charge in [-0.2, -0.15) is 0 Å². The number of allylic oxidation sites excluding steroid dienone is 18. The molecule has 0 radical (unpaired) electrons. The third kappa shape index (κ3) is 39.2. The number of nitrogens with zero attached hydrogens (tertiary/aromatic N) is 1. The molecule has 0 heterocycles. The predicted molar refractivity (Wildman–Crippen MR) is 244 cm³/mol. The maximum Gasteiger partial charge on any atom is 0.306 e. The highest BCUT2D eigenvalue weighted by molar-refractivity contribution is 5.70. The van der Waals surface area contributed by atoms with E-state index in [1.807, 2.05) is 0 Å². The molecule has 0 aromatic heterocycles. The van der Waals surface area contributed by atoms with Gasteiger partial charge in [0.25, 0.3) is 0 Å². The summed E-state index contributed by atoms with van der Waals surface area (Å²) < 4.78 is 17.1. The van der Waals surface area contributed by atoms with Crippen LogP contribution in [0, 0.1) is 0 Å². The molecule has 0 rings (SSSR count). The van der Waals surface area contributed by atoms with Crippen LogP contribution in [0.2, 0.25) is 0 Å².